The van der Waals surface area contributed by atoms with Crippen LogP contribution in [0.1, 0.15) is 18.1 Å². The highest BCUT2D eigenvalue weighted by molar-refractivity contribution is 9.10. The van der Waals surface area contributed by atoms with Gasteiger partial charge in [-0.15, -0.1) is 11.8 Å². The van der Waals surface area contributed by atoms with Crippen LogP contribution in [-0.2, 0) is 14.3 Å². The molecule has 0 aromatic heterocycles. The molecule has 1 aromatic carbocycles. The molecule has 0 unspecified atom stereocenters. The third-order valence-corrected chi connectivity index (χ3v) is 4.94. The molecule has 0 heterocycles. The Balaban J connectivity index is 2.56. The number of aryl methyl sites for hydroxylation is 2. The van der Waals surface area contributed by atoms with Gasteiger partial charge in [-0.25, -0.2) is 0 Å². The number of ketones is 1. The Labute approximate surface area is 148 Å². The van der Waals surface area contributed by atoms with E-state index in [1.54, 1.807) is 6.07 Å². The molecule has 0 radical (unpaired) electrons. The maximum atomic E-state index is 11.7. The smallest absolute Gasteiger partial charge is 0.316 e. The van der Waals surface area contributed by atoms with Crippen LogP contribution in [0, 0.1) is 25.2 Å². The fraction of sp³-hybridized carbons (Fsp3) is 0.312. The number of thioether (sulfide) groups is 1. The molecule has 7 heteroatoms. The summed E-state index contributed by atoms with van der Waals surface area (Å²) in [6.45, 7) is 4.90. The van der Waals surface area contributed by atoms with Gasteiger partial charge >= 0.3 is 5.97 Å². The first kappa shape index (κ1) is 19.3. The zero-order valence-corrected chi connectivity index (χ0v) is 15.5. The second-order valence-electron chi connectivity index (χ2n) is 4.91. The number of hydrogen-bond acceptors (Lipinski definition) is 6. The number of hydrogen-bond donors (Lipinski definition) is 1. The van der Waals surface area contributed by atoms with Crippen molar-refractivity contribution < 1.29 is 14.3 Å². The summed E-state index contributed by atoms with van der Waals surface area (Å²) in [6.07, 6.45) is 0. The van der Waals surface area contributed by atoms with E-state index in [0.29, 0.717) is 0 Å². The summed E-state index contributed by atoms with van der Waals surface area (Å²) in [6, 6.07) is 5.68. The summed E-state index contributed by atoms with van der Waals surface area (Å²) < 4.78 is 5.91. The van der Waals surface area contributed by atoms with Crippen LogP contribution in [0.4, 0.5) is 0 Å². The molecule has 0 aliphatic rings. The monoisotopic (exact) mass is 396 g/mol. The lowest BCUT2D eigenvalue weighted by atomic mass is 10.1. The van der Waals surface area contributed by atoms with Gasteiger partial charge < -0.3 is 10.5 Å². The molecule has 0 atom stereocenters. The van der Waals surface area contributed by atoms with Crippen LogP contribution in [0.5, 0.6) is 0 Å². The molecule has 0 amide bonds. The van der Waals surface area contributed by atoms with Gasteiger partial charge in [0.25, 0.3) is 0 Å². The summed E-state index contributed by atoms with van der Waals surface area (Å²) in [5, 5.41) is 8.81. The second-order valence-corrected chi connectivity index (χ2v) is 6.78. The number of benzene rings is 1. The summed E-state index contributed by atoms with van der Waals surface area (Å²) in [4.78, 5) is 24.4. The molecule has 2 N–H and O–H groups in total. The van der Waals surface area contributed by atoms with Crippen LogP contribution in [0.2, 0.25) is 0 Å². The van der Waals surface area contributed by atoms with Crippen LogP contribution >= 0.6 is 27.7 Å². The number of esters is 1. The van der Waals surface area contributed by atoms with Gasteiger partial charge in [-0.1, -0.05) is 15.9 Å². The van der Waals surface area contributed by atoms with E-state index in [4.69, 9.17) is 15.7 Å². The number of carbonyl (C=O) groups excluding carboxylic acids is 2. The van der Waals surface area contributed by atoms with Gasteiger partial charge in [0.1, 0.15) is 11.6 Å². The predicted molar refractivity (Wildman–Crippen MR) is 92.8 cm³/mol. The zero-order valence-electron chi connectivity index (χ0n) is 13.1. The maximum Gasteiger partial charge on any atom is 0.316 e. The Kier molecular flexibility index (Phi) is 7.33. The number of halogens is 1. The highest BCUT2D eigenvalue weighted by atomic mass is 79.9. The van der Waals surface area contributed by atoms with Gasteiger partial charge in [0, 0.05) is 15.1 Å². The molecule has 1 aromatic rings. The van der Waals surface area contributed by atoms with Gasteiger partial charge in [-0.3, -0.25) is 9.59 Å². The van der Waals surface area contributed by atoms with Gasteiger partial charge in [-0.2, -0.15) is 5.26 Å². The van der Waals surface area contributed by atoms with Gasteiger partial charge in [0.05, 0.1) is 5.75 Å². The number of nitrogens with two attached hydrogens (primary N) is 1. The number of nitriles is 1. The molecule has 1 rings (SSSR count). The number of ether oxygens (including phenoxy) is 1. The Bertz CT molecular complexity index is 704. The molecule has 0 saturated heterocycles. The van der Waals surface area contributed by atoms with E-state index in [1.807, 2.05) is 26.0 Å². The highest BCUT2D eigenvalue weighted by Gasteiger charge is 2.15. The number of nitrogens with zero attached hydrogens (tertiary/aromatic N) is 1. The molecule has 5 nitrogen and oxygen atoms in total. The van der Waals surface area contributed by atoms with Crippen LogP contribution in [-0.4, -0.2) is 24.1 Å². The predicted octanol–water partition coefficient (Wildman–Crippen LogP) is 3.03. The summed E-state index contributed by atoms with van der Waals surface area (Å²) in [5.41, 5.74) is 7.48. The fourth-order valence-electron chi connectivity index (χ4n) is 1.68. The van der Waals surface area contributed by atoms with Crippen molar-refractivity contribution in [3.05, 3.63) is 39.0 Å². The minimum Gasteiger partial charge on any atom is -0.457 e. The Morgan fingerprint density at radius 1 is 1.35 bits per heavy atom. The van der Waals surface area contributed by atoms with E-state index in [2.05, 4.69) is 15.9 Å². The molecule has 0 aliphatic heterocycles. The van der Waals surface area contributed by atoms with Gasteiger partial charge in [-0.05, 0) is 44.0 Å². The van der Waals surface area contributed by atoms with Crippen molar-refractivity contribution in [2.45, 2.75) is 25.7 Å². The van der Waals surface area contributed by atoms with Gasteiger partial charge in [0.15, 0.2) is 6.61 Å². The molecule has 0 bridgehead atoms. The van der Waals surface area contributed by atoms with E-state index in [0.717, 1.165) is 20.5 Å². The number of allylic oxidation sites excluding steroid dienone is 1. The first-order valence-corrected chi connectivity index (χ1v) is 8.49. The average molecular weight is 397 g/mol. The normalized spacial score (nSPS) is 11.4. The van der Waals surface area contributed by atoms with Crippen molar-refractivity contribution in [2.24, 2.45) is 5.73 Å². The molecule has 0 aliphatic carbocycles. The van der Waals surface area contributed by atoms with Crippen LogP contribution in [0.15, 0.2) is 32.8 Å². The molecule has 0 spiro atoms. The second kappa shape index (κ2) is 8.75. The Morgan fingerprint density at radius 2 is 2.00 bits per heavy atom. The van der Waals surface area contributed by atoms with Crippen molar-refractivity contribution in [2.75, 3.05) is 12.4 Å². The van der Waals surface area contributed by atoms with E-state index in [1.165, 1.54) is 18.7 Å². The van der Waals surface area contributed by atoms with E-state index in [-0.39, 0.29) is 17.0 Å². The zero-order chi connectivity index (χ0) is 17.6. The molecular weight excluding hydrogens is 380 g/mol. The minimum atomic E-state index is -0.596. The van der Waals surface area contributed by atoms with E-state index in [9.17, 15) is 9.59 Å². The van der Waals surface area contributed by atoms with Gasteiger partial charge in [0.2, 0.25) is 5.78 Å². The first-order chi connectivity index (χ1) is 10.8. The number of carbonyl (C=O) groups is 2. The number of Topliss-reactive ketones (excluding diaryl/α,β-unsaturated/α-hetero) is 1. The molecule has 0 saturated carbocycles. The average Bonchev–Trinajstić information content (AvgIpc) is 2.47. The lowest BCUT2D eigenvalue weighted by molar-refractivity contribution is -0.144. The SMILES string of the molecule is C/C(N)=C(/C#N)C(=O)COC(=O)CSc1cc(C)c(Br)cc1C. The minimum absolute atomic E-state index is 0.0857. The van der Waals surface area contributed by atoms with Crippen LogP contribution in [0.3, 0.4) is 0 Å². The fourth-order valence-corrected chi connectivity index (χ4v) is 3.04. The van der Waals surface area contributed by atoms with Crippen molar-refractivity contribution in [1.29, 1.82) is 5.26 Å². The molecule has 0 fully saturated rings. The first-order valence-electron chi connectivity index (χ1n) is 6.71. The van der Waals surface area contributed by atoms with Crippen molar-refractivity contribution in [3.63, 3.8) is 0 Å². The van der Waals surface area contributed by atoms with E-state index < -0.39 is 18.4 Å². The third kappa shape index (κ3) is 5.73. The van der Waals surface area contributed by atoms with Crippen LogP contribution in [0.25, 0.3) is 0 Å². The van der Waals surface area contributed by atoms with E-state index >= 15 is 0 Å². The van der Waals surface area contributed by atoms with Crippen molar-refractivity contribution >= 4 is 39.4 Å². The summed E-state index contributed by atoms with van der Waals surface area (Å²) >= 11 is 4.80. The maximum absolute atomic E-state index is 11.7. The standard InChI is InChI=1S/C16H17BrN2O3S/c1-9-5-15(10(2)4-13(9)17)23-8-16(21)22-7-14(20)12(6-18)11(3)19/h4-5H,7-8,19H2,1-3H3/b12-11+. The third-order valence-electron chi connectivity index (χ3n) is 2.95. The summed E-state index contributed by atoms with van der Waals surface area (Å²) in [7, 11) is 0. The lowest BCUT2D eigenvalue weighted by Crippen LogP contribution is -2.18. The lowest BCUT2D eigenvalue weighted by Gasteiger charge is -2.09. The number of rotatable bonds is 6. The largest absolute Gasteiger partial charge is 0.457 e. The van der Waals surface area contributed by atoms with Crippen molar-refractivity contribution in [3.8, 4) is 6.07 Å². The molecule has 122 valence electrons. The molecule has 23 heavy (non-hydrogen) atoms. The van der Waals surface area contributed by atoms with Crippen molar-refractivity contribution in [1.82, 2.24) is 0 Å². The highest BCUT2D eigenvalue weighted by Crippen LogP contribution is 2.28. The Hall–Kier alpha value is -1.78. The summed E-state index contributed by atoms with van der Waals surface area (Å²) in [5.74, 6) is -1.03. The topological polar surface area (TPSA) is 93.2 Å². The van der Waals surface area contributed by atoms with Crippen LogP contribution < -0.4 is 5.73 Å². The molecular formula is C16H17BrN2O3S. The Morgan fingerprint density at radius 3 is 2.57 bits per heavy atom. The quantitative estimate of drug-likeness (QED) is 0.343.